The number of hydrogen-bond acceptors (Lipinski definition) is 5. The molecular formula is C14H17N3O2. The molecule has 2 aromatic carbocycles. The van der Waals surface area contributed by atoms with Gasteiger partial charge in [0.1, 0.15) is 5.75 Å². The first-order chi connectivity index (χ1) is 9.02. The molecule has 0 amide bonds. The van der Waals surface area contributed by atoms with Gasteiger partial charge in [0.15, 0.2) is 0 Å². The van der Waals surface area contributed by atoms with E-state index in [9.17, 15) is 5.11 Å². The molecule has 0 unspecified atom stereocenters. The molecule has 19 heavy (non-hydrogen) atoms. The molecule has 0 atom stereocenters. The Labute approximate surface area is 111 Å². The molecule has 5 heteroatoms. The van der Waals surface area contributed by atoms with Crippen molar-refractivity contribution >= 4 is 17.1 Å². The Hall–Kier alpha value is -2.40. The number of phenolic OH excluding ortho intramolecular Hbond substituents is 1. The highest BCUT2D eigenvalue weighted by molar-refractivity contribution is 5.82. The maximum absolute atomic E-state index is 9.96. The standard InChI is InChI=1S/C14H17N3O2/c15-8-1-2-14(19)12(5-8)11-6-9(16)7-13(17)10(11)3-4-18/h1-2,5-7,18-19H,3-4,15-17H2. The van der Waals surface area contributed by atoms with Gasteiger partial charge in [-0.1, -0.05) is 0 Å². The lowest BCUT2D eigenvalue weighted by molar-refractivity contribution is 0.300. The smallest absolute Gasteiger partial charge is 0.123 e. The average molecular weight is 259 g/mol. The minimum absolute atomic E-state index is 0.0375. The molecule has 2 aromatic rings. The predicted octanol–water partition coefficient (Wildman–Crippen LogP) is 1.34. The Balaban J connectivity index is 2.69. The van der Waals surface area contributed by atoms with Gasteiger partial charge >= 0.3 is 0 Å². The minimum Gasteiger partial charge on any atom is -0.507 e. The van der Waals surface area contributed by atoms with E-state index in [1.807, 2.05) is 0 Å². The van der Waals surface area contributed by atoms with Crippen LogP contribution in [0.15, 0.2) is 30.3 Å². The van der Waals surface area contributed by atoms with Crippen LogP contribution in [0.4, 0.5) is 17.1 Å². The summed E-state index contributed by atoms with van der Waals surface area (Å²) in [5, 5.41) is 19.1. The Kier molecular flexibility index (Phi) is 3.48. The molecule has 5 nitrogen and oxygen atoms in total. The zero-order chi connectivity index (χ0) is 14.0. The van der Waals surface area contributed by atoms with Crippen LogP contribution in [0, 0.1) is 0 Å². The summed E-state index contributed by atoms with van der Waals surface area (Å²) < 4.78 is 0. The molecule has 0 fully saturated rings. The number of aromatic hydroxyl groups is 1. The Morgan fingerprint density at radius 3 is 2.26 bits per heavy atom. The van der Waals surface area contributed by atoms with Crippen LogP contribution in [-0.4, -0.2) is 16.8 Å². The topological polar surface area (TPSA) is 119 Å². The lowest BCUT2D eigenvalue weighted by Crippen LogP contribution is -2.02. The van der Waals surface area contributed by atoms with E-state index in [1.165, 1.54) is 6.07 Å². The summed E-state index contributed by atoms with van der Waals surface area (Å²) in [6.07, 6.45) is 0.385. The van der Waals surface area contributed by atoms with Crippen LogP contribution in [-0.2, 0) is 6.42 Å². The van der Waals surface area contributed by atoms with Gasteiger partial charge in [0.2, 0.25) is 0 Å². The molecule has 0 bridgehead atoms. The second-order valence-corrected chi connectivity index (χ2v) is 4.39. The van der Waals surface area contributed by atoms with E-state index in [2.05, 4.69) is 0 Å². The van der Waals surface area contributed by atoms with Gasteiger partial charge in [-0.05, 0) is 47.9 Å². The molecule has 0 aliphatic carbocycles. The molecule has 8 N–H and O–H groups in total. The molecule has 0 aromatic heterocycles. The summed E-state index contributed by atoms with van der Waals surface area (Å²) >= 11 is 0. The summed E-state index contributed by atoms with van der Waals surface area (Å²) in [6.45, 7) is -0.0375. The highest BCUT2D eigenvalue weighted by Crippen LogP contribution is 2.37. The Morgan fingerprint density at radius 1 is 0.895 bits per heavy atom. The van der Waals surface area contributed by atoms with Crippen molar-refractivity contribution in [2.45, 2.75) is 6.42 Å². The van der Waals surface area contributed by atoms with Crippen molar-refractivity contribution in [2.75, 3.05) is 23.8 Å². The highest BCUT2D eigenvalue weighted by atomic mass is 16.3. The molecule has 2 rings (SSSR count). The fourth-order valence-electron chi connectivity index (χ4n) is 2.12. The lowest BCUT2D eigenvalue weighted by atomic mass is 9.94. The SMILES string of the molecule is Nc1ccc(O)c(-c2cc(N)cc(N)c2CCO)c1. The van der Waals surface area contributed by atoms with Crippen LogP contribution < -0.4 is 17.2 Å². The number of rotatable bonds is 3. The van der Waals surface area contributed by atoms with E-state index in [4.69, 9.17) is 22.3 Å². The maximum Gasteiger partial charge on any atom is 0.123 e. The largest absolute Gasteiger partial charge is 0.507 e. The molecule has 0 aliphatic heterocycles. The molecular weight excluding hydrogens is 242 g/mol. The Morgan fingerprint density at radius 2 is 1.58 bits per heavy atom. The van der Waals surface area contributed by atoms with Gasteiger partial charge in [-0.3, -0.25) is 0 Å². The zero-order valence-corrected chi connectivity index (χ0v) is 10.4. The van der Waals surface area contributed by atoms with Gasteiger partial charge in [-0.2, -0.15) is 0 Å². The molecule has 100 valence electrons. The first-order valence-corrected chi connectivity index (χ1v) is 5.90. The highest BCUT2D eigenvalue weighted by Gasteiger charge is 2.13. The van der Waals surface area contributed by atoms with Gasteiger partial charge in [-0.25, -0.2) is 0 Å². The first-order valence-electron chi connectivity index (χ1n) is 5.90. The van der Waals surface area contributed by atoms with Gasteiger partial charge in [-0.15, -0.1) is 0 Å². The van der Waals surface area contributed by atoms with Crippen molar-refractivity contribution < 1.29 is 10.2 Å². The first kappa shape index (κ1) is 13.0. The van der Waals surface area contributed by atoms with Crippen LogP contribution in [0.2, 0.25) is 0 Å². The van der Waals surface area contributed by atoms with Crippen LogP contribution in [0.3, 0.4) is 0 Å². The predicted molar refractivity (Wildman–Crippen MR) is 77.6 cm³/mol. The number of anilines is 3. The van der Waals surface area contributed by atoms with E-state index in [1.54, 1.807) is 24.3 Å². The number of benzene rings is 2. The molecule has 0 spiro atoms. The van der Waals surface area contributed by atoms with Crippen molar-refractivity contribution in [3.05, 3.63) is 35.9 Å². The lowest BCUT2D eigenvalue weighted by Gasteiger charge is -2.14. The maximum atomic E-state index is 9.96. The fraction of sp³-hybridized carbons (Fsp3) is 0.143. The van der Waals surface area contributed by atoms with Crippen molar-refractivity contribution in [2.24, 2.45) is 0 Å². The van der Waals surface area contributed by atoms with E-state index in [0.717, 1.165) is 5.56 Å². The quantitative estimate of drug-likeness (QED) is 0.421. The number of hydrogen-bond donors (Lipinski definition) is 5. The van der Waals surface area contributed by atoms with Crippen molar-refractivity contribution in [3.8, 4) is 16.9 Å². The van der Waals surface area contributed by atoms with Crippen LogP contribution in [0.5, 0.6) is 5.75 Å². The third-order valence-electron chi connectivity index (χ3n) is 2.98. The number of aliphatic hydroxyl groups excluding tert-OH is 1. The van der Waals surface area contributed by atoms with Gasteiger partial charge in [0.25, 0.3) is 0 Å². The van der Waals surface area contributed by atoms with Gasteiger partial charge < -0.3 is 27.4 Å². The molecule has 0 aliphatic rings. The third-order valence-corrected chi connectivity index (χ3v) is 2.98. The van der Waals surface area contributed by atoms with Crippen molar-refractivity contribution in [1.29, 1.82) is 0 Å². The number of nitrogen functional groups attached to an aromatic ring is 3. The zero-order valence-electron chi connectivity index (χ0n) is 10.4. The van der Waals surface area contributed by atoms with Crippen LogP contribution in [0.25, 0.3) is 11.1 Å². The monoisotopic (exact) mass is 259 g/mol. The van der Waals surface area contributed by atoms with Crippen molar-refractivity contribution in [1.82, 2.24) is 0 Å². The van der Waals surface area contributed by atoms with Gasteiger partial charge in [0.05, 0.1) is 0 Å². The van der Waals surface area contributed by atoms with Crippen LogP contribution >= 0.6 is 0 Å². The summed E-state index contributed by atoms with van der Waals surface area (Å²) in [5.41, 5.74) is 21.0. The molecule has 0 saturated heterocycles. The molecule has 0 saturated carbocycles. The molecule has 0 heterocycles. The number of aliphatic hydroxyl groups is 1. The summed E-state index contributed by atoms with van der Waals surface area (Å²) in [5.74, 6) is 0.0957. The number of nitrogens with two attached hydrogens (primary N) is 3. The van der Waals surface area contributed by atoms with Crippen LogP contribution in [0.1, 0.15) is 5.56 Å². The third kappa shape index (κ3) is 2.56. The fourth-order valence-corrected chi connectivity index (χ4v) is 2.12. The van der Waals surface area contributed by atoms with Gasteiger partial charge in [0, 0.05) is 29.2 Å². The normalized spacial score (nSPS) is 10.6. The average Bonchev–Trinajstić information content (AvgIpc) is 2.35. The summed E-state index contributed by atoms with van der Waals surface area (Å²) in [7, 11) is 0. The summed E-state index contributed by atoms with van der Waals surface area (Å²) in [6, 6.07) is 8.14. The minimum atomic E-state index is -0.0375. The molecule has 0 radical (unpaired) electrons. The Bertz CT molecular complexity index is 612. The second-order valence-electron chi connectivity index (χ2n) is 4.39. The van der Waals surface area contributed by atoms with E-state index >= 15 is 0 Å². The van der Waals surface area contributed by atoms with E-state index in [0.29, 0.717) is 34.6 Å². The summed E-state index contributed by atoms with van der Waals surface area (Å²) in [4.78, 5) is 0. The van der Waals surface area contributed by atoms with E-state index < -0.39 is 0 Å². The van der Waals surface area contributed by atoms with E-state index in [-0.39, 0.29) is 12.4 Å². The number of phenols is 1. The van der Waals surface area contributed by atoms with Crippen molar-refractivity contribution in [3.63, 3.8) is 0 Å². The second kappa shape index (κ2) is 5.07.